The fourth-order valence-electron chi connectivity index (χ4n) is 3.24. The van der Waals surface area contributed by atoms with Crippen molar-refractivity contribution in [2.24, 2.45) is 5.73 Å². The fourth-order valence-corrected chi connectivity index (χ4v) is 4.05. The Bertz CT molecular complexity index is 1400. The minimum Gasteiger partial charge on any atom is -0.480 e. The van der Waals surface area contributed by atoms with Crippen molar-refractivity contribution in [1.82, 2.24) is 19.1 Å². The van der Waals surface area contributed by atoms with Gasteiger partial charge in [0.2, 0.25) is 0 Å². The van der Waals surface area contributed by atoms with Crippen molar-refractivity contribution in [3.63, 3.8) is 0 Å². The SMILES string of the molecule is NC(=O)c1cn(O)c2ccc(-c3cnc(Nc4nc(O)n5ccccc45)s3)cc12. The van der Waals surface area contributed by atoms with Gasteiger partial charge >= 0.3 is 6.01 Å². The van der Waals surface area contributed by atoms with Gasteiger partial charge in [-0.2, -0.15) is 9.71 Å². The van der Waals surface area contributed by atoms with Gasteiger partial charge in [0.1, 0.15) is 0 Å². The molecule has 0 aliphatic rings. The summed E-state index contributed by atoms with van der Waals surface area (Å²) in [6.45, 7) is 0. The van der Waals surface area contributed by atoms with Crippen molar-refractivity contribution in [2.45, 2.75) is 0 Å². The Labute approximate surface area is 167 Å². The number of nitrogens with two attached hydrogens (primary N) is 1. The molecular weight excluding hydrogens is 392 g/mol. The van der Waals surface area contributed by atoms with Crippen molar-refractivity contribution in [3.8, 4) is 16.5 Å². The summed E-state index contributed by atoms with van der Waals surface area (Å²) in [6, 6.07) is 10.7. The molecule has 10 heteroatoms. The molecular formula is C19H14N6O3S. The van der Waals surface area contributed by atoms with Gasteiger partial charge in [0.15, 0.2) is 10.9 Å². The van der Waals surface area contributed by atoms with E-state index in [1.807, 2.05) is 18.2 Å². The maximum absolute atomic E-state index is 11.6. The highest BCUT2D eigenvalue weighted by molar-refractivity contribution is 7.19. The fraction of sp³-hybridized carbons (Fsp3) is 0. The van der Waals surface area contributed by atoms with E-state index in [1.54, 1.807) is 35.0 Å². The maximum atomic E-state index is 11.6. The Morgan fingerprint density at radius 2 is 2.07 bits per heavy atom. The molecule has 0 aliphatic heterocycles. The summed E-state index contributed by atoms with van der Waals surface area (Å²) in [7, 11) is 0. The van der Waals surface area contributed by atoms with E-state index in [9.17, 15) is 15.1 Å². The first-order valence-corrected chi connectivity index (χ1v) is 9.36. The molecule has 0 atom stereocenters. The third-order valence-electron chi connectivity index (χ3n) is 4.60. The molecule has 9 nitrogen and oxygen atoms in total. The first-order chi connectivity index (χ1) is 14.0. The molecule has 0 aliphatic carbocycles. The number of nitrogens with zero attached hydrogens (tertiary/aromatic N) is 4. The molecule has 0 saturated carbocycles. The van der Waals surface area contributed by atoms with Gasteiger partial charge in [0.25, 0.3) is 5.91 Å². The number of rotatable bonds is 4. The number of hydrogen-bond donors (Lipinski definition) is 4. The second kappa shape index (κ2) is 6.24. The number of carbonyl (C=O) groups excluding carboxylic acids is 1. The Morgan fingerprint density at radius 3 is 2.90 bits per heavy atom. The molecule has 5 aromatic rings. The van der Waals surface area contributed by atoms with Crippen LogP contribution < -0.4 is 11.1 Å². The highest BCUT2D eigenvalue weighted by Gasteiger charge is 2.15. The summed E-state index contributed by atoms with van der Waals surface area (Å²) in [4.78, 5) is 21.0. The van der Waals surface area contributed by atoms with Crippen molar-refractivity contribution in [1.29, 1.82) is 0 Å². The van der Waals surface area contributed by atoms with Crippen LogP contribution in [0.4, 0.5) is 10.9 Å². The van der Waals surface area contributed by atoms with Gasteiger partial charge < -0.3 is 21.4 Å². The largest absolute Gasteiger partial charge is 0.480 e. The molecule has 4 heterocycles. The molecule has 0 spiro atoms. The number of nitrogens with one attached hydrogen (secondary N) is 1. The molecule has 0 fully saturated rings. The number of hydrogen-bond acceptors (Lipinski definition) is 7. The Hall–Kier alpha value is -4.05. The van der Waals surface area contributed by atoms with Crippen LogP contribution in [0, 0.1) is 0 Å². The third kappa shape index (κ3) is 2.74. The zero-order chi connectivity index (χ0) is 20.1. The molecule has 4 aromatic heterocycles. The Kier molecular flexibility index (Phi) is 3.68. The molecule has 0 bridgehead atoms. The van der Waals surface area contributed by atoms with Gasteiger partial charge in [-0.1, -0.05) is 23.5 Å². The van der Waals surface area contributed by atoms with Crippen LogP contribution in [0.15, 0.2) is 55.0 Å². The molecule has 5 rings (SSSR count). The lowest BCUT2D eigenvalue weighted by molar-refractivity contribution is 0.0999. The number of pyridine rings is 1. The lowest BCUT2D eigenvalue weighted by Gasteiger charge is -2.00. The summed E-state index contributed by atoms with van der Waals surface area (Å²) in [5.41, 5.74) is 7.69. The van der Waals surface area contributed by atoms with Crippen molar-refractivity contribution < 1.29 is 15.1 Å². The number of aromatic nitrogens is 4. The smallest absolute Gasteiger partial charge is 0.300 e. The van der Waals surface area contributed by atoms with E-state index in [0.29, 0.717) is 21.9 Å². The van der Waals surface area contributed by atoms with Crippen molar-refractivity contribution in [3.05, 3.63) is 60.6 Å². The van der Waals surface area contributed by atoms with Crippen molar-refractivity contribution in [2.75, 3.05) is 5.32 Å². The van der Waals surface area contributed by atoms with Gasteiger partial charge in [-0.3, -0.25) is 9.20 Å². The minimum atomic E-state index is -0.613. The normalized spacial score (nSPS) is 11.3. The average molecular weight is 406 g/mol. The second-order valence-corrected chi connectivity index (χ2v) is 7.39. The van der Waals surface area contributed by atoms with Crippen LogP contribution in [0.25, 0.3) is 26.9 Å². The quantitative estimate of drug-likeness (QED) is 0.339. The summed E-state index contributed by atoms with van der Waals surface area (Å²) in [5, 5.41) is 24.2. The number of carbonyl (C=O) groups is 1. The molecule has 0 unspecified atom stereocenters. The predicted molar refractivity (Wildman–Crippen MR) is 109 cm³/mol. The zero-order valence-corrected chi connectivity index (χ0v) is 15.6. The topological polar surface area (TPSA) is 131 Å². The monoisotopic (exact) mass is 406 g/mol. The van der Waals surface area contributed by atoms with Crippen LogP contribution in [0.1, 0.15) is 10.4 Å². The number of aromatic hydroxyl groups is 1. The molecule has 1 amide bonds. The number of amides is 1. The first-order valence-electron chi connectivity index (χ1n) is 8.54. The zero-order valence-electron chi connectivity index (χ0n) is 14.8. The molecule has 0 radical (unpaired) electrons. The van der Waals surface area contributed by atoms with E-state index in [-0.39, 0.29) is 11.6 Å². The lowest BCUT2D eigenvalue weighted by Crippen LogP contribution is -2.10. The molecule has 0 saturated heterocycles. The van der Waals surface area contributed by atoms with E-state index in [4.69, 9.17) is 5.73 Å². The van der Waals surface area contributed by atoms with Gasteiger partial charge in [0, 0.05) is 17.8 Å². The van der Waals surface area contributed by atoms with Crippen LogP contribution >= 0.6 is 11.3 Å². The van der Waals surface area contributed by atoms with Gasteiger partial charge in [0.05, 0.1) is 27.7 Å². The van der Waals surface area contributed by atoms with Crippen LogP contribution in [0.5, 0.6) is 6.01 Å². The summed E-state index contributed by atoms with van der Waals surface area (Å²) >= 11 is 1.39. The average Bonchev–Trinajstić information content (AvgIpc) is 3.40. The van der Waals surface area contributed by atoms with E-state index in [1.165, 1.54) is 17.5 Å². The number of imidazole rings is 1. The lowest BCUT2D eigenvalue weighted by atomic mass is 10.1. The van der Waals surface area contributed by atoms with Crippen molar-refractivity contribution >= 4 is 44.6 Å². The first kappa shape index (κ1) is 17.1. The standard InChI is InChI=1S/C19H14N6O3S/c20-16(26)12-9-25(28)13-5-4-10(7-11(12)13)15-8-21-18(29-15)22-17-14-3-1-2-6-24(14)19(27)23-17/h1-9,28H,(H2,20,26)(H,21,22)(H,23,27). The maximum Gasteiger partial charge on any atom is 0.300 e. The Balaban J connectivity index is 1.51. The van der Waals surface area contributed by atoms with E-state index < -0.39 is 5.91 Å². The highest BCUT2D eigenvalue weighted by Crippen LogP contribution is 2.34. The van der Waals surface area contributed by atoms with E-state index in [2.05, 4.69) is 15.3 Å². The van der Waals surface area contributed by atoms with Crippen LogP contribution in [0.2, 0.25) is 0 Å². The van der Waals surface area contributed by atoms with E-state index in [0.717, 1.165) is 20.7 Å². The van der Waals surface area contributed by atoms with Crippen LogP contribution in [0.3, 0.4) is 0 Å². The summed E-state index contributed by atoms with van der Waals surface area (Å²) in [6.07, 6.45) is 4.72. The number of benzene rings is 1. The number of fused-ring (bicyclic) bond motifs is 2. The number of primary amides is 1. The van der Waals surface area contributed by atoms with Crippen LogP contribution in [-0.4, -0.2) is 35.3 Å². The van der Waals surface area contributed by atoms with Gasteiger partial charge in [-0.05, 0) is 29.8 Å². The summed E-state index contributed by atoms with van der Waals surface area (Å²) < 4.78 is 2.45. The summed E-state index contributed by atoms with van der Waals surface area (Å²) in [5.74, 6) is -0.120. The van der Waals surface area contributed by atoms with Crippen LogP contribution in [-0.2, 0) is 0 Å². The number of thiazole rings is 1. The molecule has 29 heavy (non-hydrogen) atoms. The molecule has 5 N–H and O–H groups in total. The predicted octanol–water partition coefficient (Wildman–Crippen LogP) is 3.20. The molecule has 144 valence electrons. The molecule has 1 aromatic carbocycles. The third-order valence-corrected chi connectivity index (χ3v) is 5.56. The number of anilines is 2. The van der Waals surface area contributed by atoms with Gasteiger partial charge in [-0.25, -0.2) is 4.98 Å². The second-order valence-electron chi connectivity index (χ2n) is 6.35. The Morgan fingerprint density at radius 1 is 1.21 bits per heavy atom. The highest BCUT2D eigenvalue weighted by atomic mass is 32.1. The van der Waals surface area contributed by atoms with E-state index >= 15 is 0 Å². The van der Waals surface area contributed by atoms with Gasteiger partial charge in [-0.15, -0.1) is 0 Å². The minimum absolute atomic E-state index is 0.113.